The predicted molar refractivity (Wildman–Crippen MR) is 121 cm³/mol. The first-order valence-electron chi connectivity index (χ1n) is 10.8. The van der Waals surface area contributed by atoms with E-state index in [-0.39, 0.29) is 18.4 Å². The van der Waals surface area contributed by atoms with E-state index < -0.39 is 11.6 Å². The summed E-state index contributed by atoms with van der Waals surface area (Å²) < 4.78 is 10.7. The van der Waals surface area contributed by atoms with E-state index in [1.807, 2.05) is 50.2 Å². The van der Waals surface area contributed by atoms with Crippen molar-refractivity contribution in [3.05, 3.63) is 59.3 Å². The lowest BCUT2D eigenvalue weighted by Gasteiger charge is -2.51. The number of aromatic amines is 1. The van der Waals surface area contributed by atoms with Crippen LogP contribution in [0.25, 0.3) is 10.9 Å². The zero-order valence-electron chi connectivity index (χ0n) is 18.8. The minimum Gasteiger partial charge on any atom is -0.493 e. The Kier molecular flexibility index (Phi) is 4.65. The largest absolute Gasteiger partial charge is 0.493 e. The van der Waals surface area contributed by atoms with Crippen molar-refractivity contribution in [1.29, 1.82) is 0 Å². The second-order valence-electron chi connectivity index (χ2n) is 8.95. The molecule has 1 atom stereocenters. The molecular weight excluding hydrogens is 406 g/mol. The molecule has 2 aliphatic heterocycles. The summed E-state index contributed by atoms with van der Waals surface area (Å²) in [6.07, 6.45) is 0.510. The fraction of sp³-hybridized carbons (Fsp3) is 0.360. The van der Waals surface area contributed by atoms with Crippen LogP contribution in [0.2, 0.25) is 0 Å². The van der Waals surface area contributed by atoms with Gasteiger partial charge in [0.1, 0.15) is 12.6 Å². The van der Waals surface area contributed by atoms with Crippen molar-refractivity contribution in [2.75, 3.05) is 20.8 Å². The number of nitrogens with zero attached hydrogens (tertiary/aromatic N) is 2. The molecule has 3 heterocycles. The molecule has 2 aliphatic rings. The van der Waals surface area contributed by atoms with Crippen molar-refractivity contribution in [2.45, 2.75) is 38.4 Å². The lowest BCUT2D eigenvalue weighted by molar-refractivity contribution is -0.164. The quantitative estimate of drug-likeness (QED) is 0.686. The summed E-state index contributed by atoms with van der Waals surface area (Å²) in [6, 6.07) is 13.2. The number of fused-ring (bicyclic) bond motifs is 4. The van der Waals surface area contributed by atoms with Crippen LogP contribution in [-0.4, -0.2) is 53.4 Å². The van der Waals surface area contributed by atoms with Crippen molar-refractivity contribution in [2.24, 2.45) is 0 Å². The highest BCUT2D eigenvalue weighted by Crippen LogP contribution is 2.42. The monoisotopic (exact) mass is 433 g/mol. The van der Waals surface area contributed by atoms with Gasteiger partial charge in [-0.2, -0.15) is 0 Å². The lowest BCUT2D eigenvalue weighted by Crippen LogP contribution is -2.66. The van der Waals surface area contributed by atoms with Crippen LogP contribution in [-0.2, 0) is 28.1 Å². The first kappa shape index (κ1) is 20.4. The first-order valence-corrected chi connectivity index (χ1v) is 10.8. The number of ether oxygens (including phenoxy) is 2. The molecule has 0 aliphatic carbocycles. The maximum Gasteiger partial charge on any atom is 0.246 e. The van der Waals surface area contributed by atoms with Crippen molar-refractivity contribution in [3.63, 3.8) is 0 Å². The number of aromatic nitrogens is 1. The van der Waals surface area contributed by atoms with Gasteiger partial charge in [-0.1, -0.05) is 24.3 Å². The highest BCUT2D eigenvalue weighted by Gasteiger charge is 2.51. The summed E-state index contributed by atoms with van der Waals surface area (Å²) in [7, 11) is 3.17. The Morgan fingerprint density at radius 3 is 2.56 bits per heavy atom. The van der Waals surface area contributed by atoms with E-state index in [0.29, 0.717) is 24.5 Å². The number of para-hydroxylation sites is 1. The zero-order chi connectivity index (χ0) is 22.6. The standard InChI is InChI=1S/C25H27N3O4/c1-25(2)23-17(16-7-5-6-8-18(16)26-23)12-19-24(30)27(14-22(29)28(19)25)13-15-9-10-20(31-3)21(11-15)32-4/h5-11,19,26H,12-14H2,1-4H3. The molecule has 0 bridgehead atoms. The number of methoxy groups -OCH3 is 2. The van der Waals surface area contributed by atoms with Gasteiger partial charge in [0.25, 0.3) is 0 Å². The maximum atomic E-state index is 13.6. The van der Waals surface area contributed by atoms with Gasteiger partial charge in [-0.15, -0.1) is 0 Å². The molecular formula is C25H27N3O4. The summed E-state index contributed by atoms with van der Waals surface area (Å²) in [5.74, 6) is 1.17. The number of piperazine rings is 1. The number of H-pyrrole nitrogens is 1. The van der Waals surface area contributed by atoms with Crippen LogP contribution in [0.5, 0.6) is 11.5 Å². The summed E-state index contributed by atoms with van der Waals surface area (Å²) in [5, 5.41) is 1.12. The highest BCUT2D eigenvalue weighted by molar-refractivity contribution is 5.97. The molecule has 2 aromatic carbocycles. The van der Waals surface area contributed by atoms with E-state index in [2.05, 4.69) is 11.1 Å². The van der Waals surface area contributed by atoms with Crippen molar-refractivity contribution >= 4 is 22.7 Å². The molecule has 166 valence electrons. The van der Waals surface area contributed by atoms with Gasteiger partial charge in [-0.25, -0.2) is 0 Å². The third kappa shape index (κ3) is 2.95. The fourth-order valence-corrected chi connectivity index (χ4v) is 5.27. The van der Waals surface area contributed by atoms with Gasteiger partial charge in [0.05, 0.1) is 19.8 Å². The third-order valence-corrected chi connectivity index (χ3v) is 6.75. The van der Waals surface area contributed by atoms with Crippen LogP contribution >= 0.6 is 0 Å². The van der Waals surface area contributed by atoms with Gasteiger partial charge < -0.3 is 24.3 Å². The Morgan fingerprint density at radius 2 is 1.81 bits per heavy atom. The number of benzene rings is 2. The molecule has 1 saturated heterocycles. The fourth-order valence-electron chi connectivity index (χ4n) is 5.27. The second kappa shape index (κ2) is 7.29. The van der Waals surface area contributed by atoms with Gasteiger partial charge >= 0.3 is 0 Å². The number of amides is 2. The first-order chi connectivity index (χ1) is 15.3. The second-order valence-corrected chi connectivity index (χ2v) is 8.95. The molecule has 7 nitrogen and oxygen atoms in total. The summed E-state index contributed by atoms with van der Waals surface area (Å²) in [4.78, 5) is 33.9. The number of nitrogens with one attached hydrogen (secondary N) is 1. The van der Waals surface area contributed by atoms with E-state index in [0.717, 1.165) is 27.7 Å². The number of rotatable bonds is 4. The van der Waals surface area contributed by atoms with Crippen LogP contribution in [0.4, 0.5) is 0 Å². The van der Waals surface area contributed by atoms with Crippen LogP contribution in [0.3, 0.4) is 0 Å². The van der Waals surface area contributed by atoms with E-state index in [4.69, 9.17) is 9.47 Å². The normalized spacial score (nSPS) is 19.7. The SMILES string of the molecule is COc1ccc(CN2CC(=O)N3C(Cc4c([nH]c5ccccc45)C3(C)C)C2=O)cc1OC. The van der Waals surface area contributed by atoms with E-state index in [9.17, 15) is 9.59 Å². The molecule has 0 spiro atoms. The van der Waals surface area contributed by atoms with Crippen LogP contribution in [0.1, 0.15) is 30.7 Å². The van der Waals surface area contributed by atoms with Crippen LogP contribution in [0.15, 0.2) is 42.5 Å². The molecule has 1 aromatic heterocycles. The average Bonchev–Trinajstić information content (AvgIpc) is 3.16. The molecule has 32 heavy (non-hydrogen) atoms. The molecule has 0 saturated carbocycles. The van der Waals surface area contributed by atoms with Crippen molar-refractivity contribution in [1.82, 2.24) is 14.8 Å². The minimum atomic E-state index is -0.598. The van der Waals surface area contributed by atoms with Gasteiger partial charge in [-0.3, -0.25) is 9.59 Å². The topological polar surface area (TPSA) is 74.9 Å². The summed E-state index contributed by atoms with van der Waals surface area (Å²) >= 11 is 0. The maximum absolute atomic E-state index is 13.6. The van der Waals surface area contributed by atoms with Crippen molar-refractivity contribution in [3.8, 4) is 11.5 Å². The highest BCUT2D eigenvalue weighted by atomic mass is 16.5. The summed E-state index contributed by atoms with van der Waals surface area (Å²) in [6.45, 7) is 4.43. The van der Waals surface area contributed by atoms with Crippen molar-refractivity contribution < 1.29 is 19.1 Å². The molecule has 7 heteroatoms. The van der Waals surface area contributed by atoms with Gasteiger partial charge in [-0.05, 0) is 43.2 Å². The van der Waals surface area contributed by atoms with E-state index in [1.54, 1.807) is 24.0 Å². The van der Waals surface area contributed by atoms with Crippen LogP contribution < -0.4 is 9.47 Å². The number of carbonyl (C=O) groups excluding carboxylic acids is 2. The predicted octanol–water partition coefficient (Wildman–Crippen LogP) is 3.22. The molecule has 1 fully saturated rings. The van der Waals surface area contributed by atoms with Gasteiger partial charge in [0, 0.05) is 29.6 Å². The molecule has 2 amide bonds. The smallest absolute Gasteiger partial charge is 0.246 e. The molecule has 3 aromatic rings. The number of hydrogen-bond donors (Lipinski definition) is 1. The Bertz CT molecular complexity index is 1230. The number of hydrogen-bond acceptors (Lipinski definition) is 4. The molecule has 1 N–H and O–H groups in total. The van der Waals surface area contributed by atoms with E-state index in [1.165, 1.54) is 0 Å². The summed E-state index contributed by atoms with van der Waals surface area (Å²) in [5.41, 5.74) is 3.47. The van der Waals surface area contributed by atoms with Gasteiger partial charge in [0.2, 0.25) is 11.8 Å². The van der Waals surface area contributed by atoms with Gasteiger partial charge in [0.15, 0.2) is 11.5 Å². The van der Waals surface area contributed by atoms with E-state index >= 15 is 0 Å². The molecule has 1 unspecified atom stereocenters. The average molecular weight is 434 g/mol. The zero-order valence-corrected chi connectivity index (χ0v) is 18.8. The minimum absolute atomic E-state index is 0.0246. The Morgan fingerprint density at radius 1 is 1.06 bits per heavy atom. The van der Waals surface area contributed by atoms with Crippen LogP contribution in [0, 0.1) is 0 Å². The lowest BCUT2D eigenvalue weighted by atomic mass is 9.82. The molecule has 0 radical (unpaired) electrons. The Balaban J connectivity index is 1.49. The Hall–Kier alpha value is -3.48. The number of carbonyl (C=O) groups is 2. The molecule has 5 rings (SSSR count). The Labute approximate surface area is 186 Å². The third-order valence-electron chi connectivity index (χ3n) is 6.75.